The zero-order valence-corrected chi connectivity index (χ0v) is 15.3. The molecule has 2 N–H and O–H groups in total. The topological polar surface area (TPSA) is 87.2 Å². The van der Waals surface area contributed by atoms with Gasteiger partial charge in [0.1, 0.15) is 11.6 Å². The lowest BCUT2D eigenvalue weighted by atomic mass is 10.2. The van der Waals surface area contributed by atoms with Crippen molar-refractivity contribution in [2.75, 3.05) is 37.4 Å². The summed E-state index contributed by atoms with van der Waals surface area (Å²) in [4.78, 5) is 10.5. The average Bonchev–Trinajstić information content (AvgIpc) is 2.50. The van der Waals surface area contributed by atoms with Gasteiger partial charge < -0.3 is 10.2 Å². The van der Waals surface area contributed by atoms with E-state index in [2.05, 4.69) is 20.0 Å². The van der Waals surface area contributed by atoms with Crippen LogP contribution in [-0.2, 0) is 15.8 Å². The summed E-state index contributed by atoms with van der Waals surface area (Å²) in [5.74, 6) is 0.480. The minimum atomic E-state index is -3.54. The molecule has 9 heteroatoms. The van der Waals surface area contributed by atoms with Gasteiger partial charge in [0.05, 0.1) is 5.75 Å². The molecular weight excluding hydrogens is 345 g/mol. The molecule has 136 valence electrons. The second-order valence-electron chi connectivity index (χ2n) is 5.80. The summed E-state index contributed by atoms with van der Waals surface area (Å²) in [7, 11) is 0.221. The summed E-state index contributed by atoms with van der Waals surface area (Å²) in [6.45, 7) is 2.37. The zero-order chi connectivity index (χ0) is 18.4. The Kier molecular flexibility index (Phi) is 6.27. The molecule has 0 aliphatic heterocycles. The number of aromatic nitrogens is 2. The Bertz CT molecular complexity index is 827. The second kappa shape index (κ2) is 8.21. The lowest BCUT2D eigenvalue weighted by Crippen LogP contribution is -2.30. The Labute approximate surface area is 147 Å². The molecule has 25 heavy (non-hydrogen) atoms. The van der Waals surface area contributed by atoms with Gasteiger partial charge in [0.25, 0.3) is 0 Å². The van der Waals surface area contributed by atoms with Crippen LogP contribution in [0.4, 0.5) is 16.2 Å². The molecule has 1 heterocycles. The first-order chi connectivity index (χ1) is 11.7. The van der Waals surface area contributed by atoms with Crippen molar-refractivity contribution in [2.24, 2.45) is 0 Å². The van der Waals surface area contributed by atoms with Gasteiger partial charge in [-0.25, -0.2) is 22.5 Å². The second-order valence-corrected chi connectivity index (χ2v) is 7.60. The van der Waals surface area contributed by atoms with Gasteiger partial charge >= 0.3 is 0 Å². The minimum Gasteiger partial charge on any atom is -0.363 e. The van der Waals surface area contributed by atoms with Crippen LogP contribution in [0.1, 0.15) is 11.3 Å². The van der Waals surface area contributed by atoms with Crippen LogP contribution in [0.2, 0.25) is 0 Å². The number of sulfonamides is 1. The number of nitrogens with zero attached hydrogens (tertiary/aromatic N) is 3. The molecule has 0 aliphatic carbocycles. The van der Waals surface area contributed by atoms with E-state index in [0.29, 0.717) is 18.1 Å². The van der Waals surface area contributed by atoms with E-state index in [0.717, 1.165) is 11.5 Å². The number of halogens is 1. The summed E-state index contributed by atoms with van der Waals surface area (Å²) in [6, 6.07) is 7.40. The third kappa shape index (κ3) is 6.28. The summed E-state index contributed by atoms with van der Waals surface area (Å²) >= 11 is 0. The van der Waals surface area contributed by atoms with Gasteiger partial charge in [0.15, 0.2) is 0 Å². The molecule has 0 aliphatic rings. The fourth-order valence-electron chi connectivity index (χ4n) is 2.14. The first kappa shape index (κ1) is 19.1. The molecule has 0 saturated carbocycles. The van der Waals surface area contributed by atoms with Gasteiger partial charge in [-0.15, -0.1) is 0 Å². The highest BCUT2D eigenvalue weighted by molar-refractivity contribution is 7.88. The van der Waals surface area contributed by atoms with E-state index in [1.165, 1.54) is 18.2 Å². The van der Waals surface area contributed by atoms with Gasteiger partial charge in [0, 0.05) is 38.9 Å². The van der Waals surface area contributed by atoms with Crippen LogP contribution in [0.5, 0.6) is 0 Å². The molecule has 0 atom stereocenters. The molecule has 7 nitrogen and oxygen atoms in total. The Morgan fingerprint density at radius 1 is 1.16 bits per heavy atom. The lowest BCUT2D eigenvalue weighted by molar-refractivity contribution is 0.581. The van der Waals surface area contributed by atoms with Crippen LogP contribution in [0.15, 0.2) is 30.3 Å². The van der Waals surface area contributed by atoms with E-state index >= 15 is 0 Å². The summed E-state index contributed by atoms with van der Waals surface area (Å²) in [5, 5.41) is 2.99. The van der Waals surface area contributed by atoms with Crippen LogP contribution < -0.4 is 14.9 Å². The fourth-order valence-corrected chi connectivity index (χ4v) is 3.27. The van der Waals surface area contributed by atoms with Gasteiger partial charge in [-0.3, -0.25) is 0 Å². The Hall–Kier alpha value is -2.26. The van der Waals surface area contributed by atoms with Crippen molar-refractivity contribution in [3.63, 3.8) is 0 Å². The van der Waals surface area contributed by atoms with Crippen molar-refractivity contribution in [2.45, 2.75) is 12.7 Å². The highest BCUT2D eigenvalue weighted by Gasteiger charge is 2.11. The van der Waals surface area contributed by atoms with Crippen molar-refractivity contribution in [3.8, 4) is 0 Å². The number of rotatable bonds is 8. The molecule has 1 aromatic carbocycles. The van der Waals surface area contributed by atoms with Crippen LogP contribution >= 0.6 is 0 Å². The monoisotopic (exact) mass is 367 g/mol. The lowest BCUT2D eigenvalue weighted by Gasteiger charge is -2.14. The highest BCUT2D eigenvalue weighted by Crippen LogP contribution is 2.11. The number of anilines is 2. The van der Waals surface area contributed by atoms with Crippen molar-refractivity contribution < 1.29 is 12.8 Å². The predicted octanol–water partition coefficient (Wildman–Crippen LogP) is 1.52. The maximum Gasteiger partial charge on any atom is 0.224 e. The molecule has 0 spiro atoms. The van der Waals surface area contributed by atoms with E-state index < -0.39 is 15.8 Å². The number of hydrogen-bond acceptors (Lipinski definition) is 6. The Morgan fingerprint density at radius 3 is 2.60 bits per heavy atom. The van der Waals surface area contributed by atoms with E-state index in [1.54, 1.807) is 6.07 Å². The number of nitrogens with one attached hydrogen (secondary N) is 2. The number of hydrogen-bond donors (Lipinski definition) is 2. The molecule has 0 fully saturated rings. The molecule has 1 aromatic heterocycles. The van der Waals surface area contributed by atoms with Gasteiger partial charge in [-0.1, -0.05) is 12.1 Å². The zero-order valence-electron chi connectivity index (χ0n) is 14.5. The number of benzene rings is 1. The third-order valence-electron chi connectivity index (χ3n) is 3.27. The van der Waals surface area contributed by atoms with Gasteiger partial charge in [-0.2, -0.15) is 4.98 Å². The predicted molar refractivity (Wildman–Crippen MR) is 96.6 cm³/mol. The molecular formula is C16H22FN5O2S. The van der Waals surface area contributed by atoms with Crippen molar-refractivity contribution >= 4 is 21.8 Å². The summed E-state index contributed by atoms with van der Waals surface area (Å²) in [5.41, 5.74) is 1.21. The van der Waals surface area contributed by atoms with Gasteiger partial charge in [0.2, 0.25) is 16.0 Å². The highest BCUT2D eigenvalue weighted by atomic mass is 32.2. The molecule has 2 rings (SSSR count). The van der Waals surface area contributed by atoms with E-state index in [4.69, 9.17) is 0 Å². The van der Waals surface area contributed by atoms with Crippen LogP contribution in [0, 0.1) is 12.7 Å². The van der Waals surface area contributed by atoms with Crippen molar-refractivity contribution in [1.29, 1.82) is 0 Å². The standard InChI is InChI=1S/C16H22FN5O2S/c1-12-9-15(22(2)3)21-16(20-12)18-7-8-19-25(23,24)11-13-5-4-6-14(17)10-13/h4-6,9-10,19H,7-8,11H2,1-3H3,(H,18,20,21). The van der Waals surface area contributed by atoms with Crippen LogP contribution in [-0.4, -0.2) is 45.6 Å². The fraction of sp³-hybridized carbons (Fsp3) is 0.375. The third-order valence-corrected chi connectivity index (χ3v) is 4.63. The largest absolute Gasteiger partial charge is 0.363 e. The average molecular weight is 367 g/mol. The summed E-state index contributed by atoms with van der Waals surface area (Å²) in [6.07, 6.45) is 0. The van der Waals surface area contributed by atoms with Gasteiger partial charge in [-0.05, 0) is 24.6 Å². The SMILES string of the molecule is Cc1cc(N(C)C)nc(NCCNS(=O)(=O)Cc2cccc(F)c2)n1. The normalized spacial score (nSPS) is 11.4. The molecule has 0 unspecified atom stereocenters. The number of aryl methyl sites for hydroxylation is 1. The Morgan fingerprint density at radius 2 is 1.92 bits per heavy atom. The summed E-state index contributed by atoms with van der Waals surface area (Å²) < 4.78 is 39.6. The first-order valence-corrected chi connectivity index (χ1v) is 9.39. The van der Waals surface area contributed by atoms with E-state index in [1.807, 2.05) is 32.0 Å². The smallest absolute Gasteiger partial charge is 0.224 e. The minimum absolute atomic E-state index is 0.173. The molecule has 0 bridgehead atoms. The molecule has 0 radical (unpaired) electrons. The van der Waals surface area contributed by atoms with Crippen molar-refractivity contribution in [3.05, 3.63) is 47.4 Å². The molecule has 0 amide bonds. The van der Waals surface area contributed by atoms with E-state index in [-0.39, 0.29) is 12.3 Å². The molecule has 0 saturated heterocycles. The van der Waals surface area contributed by atoms with Crippen LogP contribution in [0.25, 0.3) is 0 Å². The van der Waals surface area contributed by atoms with Crippen LogP contribution in [0.3, 0.4) is 0 Å². The van der Waals surface area contributed by atoms with E-state index in [9.17, 15) is 12.8 Å². The van der Waals surface area contributed by atoms with Crippen molar-refractivity contribution in [1.82, 2.24) is 14.7 Å². The first-order valence-electron chi connectivity index (χ1n) is 7.74. The maximum atomic E-state index is 13.1. The quantitative estimate of drug-likeness (QED) is 0.688. The molecule has 2 aromatic rings. The Balaban J connectivity index is 1.86. The maximum absolute atomic E-state index is 13.1.